The van der Waals surface area contributed by atoms with E-state index in [-0.39, 0.29) is 0 Å². The van der Waals surface area contributed by atoms with Gasteiger partial charge in [0.1, 0.15) is 0 Å². The van der Waals surface area contributed by atoms with Gasteiger partial charge in [-0.1, -0.05) is 13.8 Å². The second-order valence-electron chi connectivity index (χ2n) is 6.33. The Morgan fingerprint density at radius 2 is 2.12 bits per heavy atom. The third kappa shape index (κ3) is 3.21. The summed E-state index contributed by atoms with van der Waals surface area (Å²) in [7, 11) is 1.86. The predicted molar refractivity (Wildman–Crippen MR) is 67.6 cm³/mol. The van der Waals surface area contributed by atoms with E-state index in [1.165, 1.54) is 45.2 Å². The molecule has 2 heteroatoms. The molecule has 1 heterocycles. The summed E-state index contributed by atoms with van der Waals surface area (Å²) in [5.74, 6) is 0.852. The monoisotopic (exact) mass is 225 g/mol. The second-order valence-corrected chi connectivity index (χ2v) is 6.33. The van der Waals surface area contributed by atoms with E-state index in [9.17, 15) is 0 Å². The molecule has 0 aromatic heterocycles. The summed E-state index contributed by atoms with van der Waals surface area (Å²) in [5.41, 5.74) is 0.684. The third-order valence-corrected chi connectivity index (χ3v) is 4.15. The molecule has 0 aromatic carbocycles. The first kappa shape index (κ1) is 12.4. The fraction of sp³-hybridized carbons (Fsp3) is 1.00. The van der Waals surface area contributed by atoms with Crippen LogP contribution < -0.4 is 0 Å². The summed E-state index contributed by atoms with van der Waals surface area (Å²) in [6.07, 6.45) is 7.39. The van der Waals surface area contributed by atoms with Crippen molar-refractivity contribution in [3.8, 4) is 0 Å². The Morgan fingerprint density at radius 1 is 1.38 bits per heavy atom. The molecule has 94 valence electrons. The van der Waals surface area contributed by atoms with Crippen molar-refractivity contribution >= 4 is 0 Å². The van der Waals surface area contributed by atoms with Gasteiger partial charge >= 0.3 is 0 Å². The maximum atomic E-state index is 5.50. The van der Waals surface area contributed by atoms with Crippen molar-refractivity contribution in [2.24, 2.45) is 11.3 Å². The maximum absolute atomic E-state index is 5.50. The van der Waals surface area contributed by atoms with Gasteiger partial charge in [-0.15, -0.1) is 0 Å². The first-order valence-electron chi connectivity index (χ1n) is 6.89. The summed E-state index contributed by atoms with van der Waals surface area (Å²) in [5, 5.41) is 0. The molecule has 2 nitrogen and oxygen atoms in total. The van der Waals surface area contributed by atoms with E-state index in [1.54, 1.807) is 0 Å². The zero-order valence-corrected chi connectivity index (χ0v) is 11.2. The Hall–Kier alpha value is -0.0800. The Balaban J connectivity index is 1.80. The molecule has 0 N–H and O–H groups in total. The van der Waals surface area contributed by atoms with Crippen LogP contribution in [0.5, 0.6) is 0 Å². The van der Waals surface area contributed by atoms with Crippen molar-refractivity contribution in [2.75, 3.05) is 26.7 Å². The number of rotatable bonds is 5. The summed E-state index contributed by atoms with van der Waals surface area (Å²) < 4.78 is 5.50. The van der Waals surface area contributed by atoms with Crippen LogP contribution in [0.1, 0.15) is 46.0 Å². The van der Waals surface area contributed by atoms with Crippen LogP contribution in [0.4, 0.5) is 0 Å². The van der Waals surface area contributed by atoms with Gasteiger partial charge in [-0.25, -0.2) is 0 Å². The van der Waals surface area contributed by atoms with E-state index in [0.717, 1.165) is 12.5 Å². The number of piperidine rings is 1. The standard InChI is InChI=1S/C14H27NO/c1-12(2)9-14(6-7-14)11-15-8-4-5-13(10-15)16-3/h12-13H,4-11H2,1-3H3/t13-/m1/s1. The first-order chi connectivity index (χ1) is 7.63. The highest BCUT2D eigenvalue weighted by molar-refractivity contribution is 4.96. The molecule has 0 amide bonds. The predicted octanol–water partition coefficient (Wildman–Crippen LogP) is 2.92. The number of ether oxygens (including phenoxy) is 1. The first-order valence-corrected chi connectivity index (χ1v) is 6.89. The molecule has 2 fully saturated rings. The van der Waals surface area contributed by atoms with E-state index in [4.69, 9.17) is 4.74 Å². The summed E-state index contributed by atoms with van der Waals surface area (Å²) in [6.45, 7) is 8.49. The molecule has 0 unspecified atom stereocenters. The molecule has 1 aliphatic heterocycles. The van der Waals surface area contributed by atoms with Crippen molar-refractivity contribution in [2.45, 2.75) is 52.1 Å². The SMILES string of the molecule is CO[C@@H]1CCCN(CC2(CC(C)C)CC2)C1. The third-order valence-electron chi connectivity index (χ3n) is 4.15. The van der Waals surface area contributed by atoms with Gasteiger partial charge in [0.15, 0.2) is 0 Å². The van der Waals surface area contributed by atoms with Gasteiger partial charge < -0.3 is 9.64 Å². The quantitative estimate of drug-likeness (QED) is 0.713. The maximum Gasteiger partial charge on any atom is 0.0698 e. The molecule has 2 aliphatic rings. The van der Waals surface area contributed by atoms with Gasteiger partial charge in [-0.3, -0.25) is 0 Å². The van der Waals surface area contributed by atoms with E-state index in [0.29, 0.717) is 11.5 Å². The molecule has 1 aliphatic carbocycles. The van der Waals surface area contributed by atoms with Crippen LogP contribution in [0.3, 0.4) is 0 Å². The van der Waals surface area contributed by atoms with E-state index < -0.39 is 0 Å². The smallest absolute Gasteiger partial charge is 0.0698 e. The number of hydrogen-bond acceptors (Lipinski definition) is 2. The van der Waals surface area contributed by atoms with Gasteiger partial charge in [0, 0.05) is 20.2 Å². The fourth-order valence-corrected chi connectivity index (χ4v) is 3.29. The minimum absolute atomic E-state index is 0.489. The number of methoxy groups -OCH3 is 1. The molecule has 0 spiro atoms. The number of nitrogens with zero attached hydrogens (tertiary/aromatic N) is 1. The number of hydrogen-bond donors (Lipinski definition) is 0. The average molecular weight is 225 g/mol. The Morgan fingerprint density at radius 3 is 2.69 bits per heavy atom. The van der Waals surface area contributed by atoms with Crippen LogP contribution in [0.2, 0.25) is 0 Å². The van der Waals surface area contributed by atoms with Crippen LogP contribution in [-0.4, -0.2) is 37.7 Å². The van der Waals surface area contributed by atoms with Crippen molar-refractivity contribution in [3.63, 3.8) is 0 Å². The van der Waals surface area contributed by atoms with Gasteiger partial charge in [-0.05, 0) is 50.0 Å². The van der Waals surface area contributed by atoms with Crippen molar-refractivity contribution in [1.82, 2.24) is 4.90 Å². The molecule has 0 radical (unpaired) electrons. The van der Waals surface area contributed by atoms with Crippen LogP contribution in [0.15, 0.2) is 0 Å². The second kappa shape index (κ2) is 5.05. The highest BCUT2D eigenvalue weighted by Crippen LogP contribution is 2.51. The molecular weight excluding hydrogens is 198 g/mol. The largest absolute Gasteiger partial charge is 0.380 e. The molecule has 1 saturated heterocycles. The molecule has 0 aromatic rings. The number of likely N-dealkylation sites (tertiary alicyclic amines) is 1. The van der Waals surface area contributed by atoms with Crippen LogP contribution in [0.25, 0.3) is 0 Å². The lowest BCUT2D eigenvalue weighted by molar-refractivity contribution is 0.0227. The fourth-order valence-electron chi connectivity index (χ4n) is 3.29. The molecule has 16 heavy (non-hydrogen) atoms. The van der Waals surface area contributed by atoms with Crippen molar-refractivity contribution in [1.29, 1.82) is 0 Å². The Bertz CT molecular complexity index is 223. The van der Waals surface area contributed by atoms with E-state index >= 15 is 0 Å². The Kier molecular flexibility index (Phi) is 3.91. The minimum atomic E-state index is 0.489. The molecule has 2 rings (SSSR count). The van der Waals surface area contributed by atoms with Gasteiger partial charge in [0.05, 0.1) is 6.10 Å². The highest BCUT2D eigenvalue weighted by atomic mass is 16.5. The lowest BCUT2D eigenvalue weighted by Crippen LogP contribution is -2.42. The van der Waals surface area contributed by atoms with Crippen molar-refractivity contribution < 1.29 is 4.74 Å². The van der Waals surface area contributed by atoms with Gasteiger partial charge in [-0.2, -0.15) is 0 Å². The van der Waals surface area contributed by atoms with E-state index in [2.05, 4.69) is 18.7 Å². The summed E-state index contributed by atoms with van der Waals surface area (Å²) >= 11 is 0. The lowest BCUT2D eigenvalue weighted by atomic mass is 9.93. The van der Waals surface area contributed by atoms with Gasteiger partial charge in [0.25, 0.3) is 0 Å². The Labute approximate surface area is 100 Å². The molecular formula is C14H27NO. The van der Waals surface area contributed by atoms with Crippen LogP contribution >= 0.6 is 0 Å². The van der Waals surface area contributed by atoms with Gasteiger partial charge in [0.2, 0.25) is 0 Å². The topological polar surface area (TPSA) is 12.5 Å². The zero-order valence-electron chi connectivity index (χ0n) is 11.2. The van der Waals surface area contributed by atoms with E-state index in [1.807, 2.05) is 7.11 Å². The highest BCUT2D eigenvalue weighted by Gasteiger charge is 2.44. The normalized spacial score (nSPS) is 29.6. The van der Waals surface area contributed by atoms with Crippen LogP contribution in [0, 0.1) is 11.3 Å². The molecule has 0 bridgehead atoms. The average Bonchev–Trinajstić information content (AvgIpc) is 2.97. The summed E-state index contributed by atoms with van der Waals surface area (Å²) in [4.78, 5) is 2.65. The minimum Gasteiger partial charge on any atom is -0.380 e. The summed E-state index contributed by atoms with van der Waals surface area (Å²) in [6, 6.07) is 0. The van der Waals surface area contributed by atoms with Crippen LogP contribution in [-0.2, 0) is 4.74 Å². The zero-order chi connectivity index (χ0) is 11.6. The molecule has 1 saturated carbocycles. The van der Waals surface area contributed by atoms with Crippen molar-refractivity contribution in [3.05, 3.63) is 0 Å². The lowest BCUT2D eigenvalue weighted by Gasteiger charge is -2.35. The molecule has 1 atom stereocenters.